The third-order valence-corrected chi connectivity index (χ3v) is 2.79. The van der Waals surface area contributed by atoms with E-state index in [4.69, 9.17) is 0 Å². The number of aldehydes is 1. The molecule has 0 spiro atoms. The monoisotopic (exact) mass is 190 g/mol. The van der Waals surface area contributed by atoms with Gasteiger partial charge in [0.2, 0.25) is 0 Å². The number of hydrogen-bond donors (Lipinski definition) is 0. The highest BCUT2D eigenvalue weighted by molar-refractivity contribution is 5.71. The van der Waals surface area contributed by atoms with E-state index in [-0.39, 0.29) is 0 Å². The van der Waals surface area contributed by atoms with Gasteiger partial charge in [-0.2, -0.15) is 0 Å². The van der Waals surface area contributed by atoms with Crippen molar-refractivity contribution in [1.29, 1.82) is 0 Å². The van der Waals surface area contributed by atoms with Crippen molar-refractivity contribution in [2.75, 3.05) is 0 Å². The van der Waals surface area contributed by atoms with E-state index in [0.717, 1.165) is 12.1 Å². The van der Waals surface area contributed by atoms with Crippen molar-refractivity contribution >= 4 is 6.29 Å². The summed E-state index contributed by atoms with van der Waals surface area (Å²) in [5, 5.41) is 0. The molecular formula is C11H14N2O. The van der Waals surface area contributed by atoms with Gasteiger partial charge in [-0.1, -0.05) is 19.3 Å². The van der Waals surface area contributed by atoms with Gasteiger partial charge in [-0.3, -0.25) is 4.79 Å². The largest absolute Gasteiger partial charge is 0.296 e. The van der Waals surface area contributed by atoms with Crippen molar-refractivity contribution in [2.45, 2.75) is 38.0 Å². The first-order valence-electron chi connectivity index (χ1n) is 5.18. The SMILES string of the molecule is O=Cc1ccnc(C2CCCCC2)n1. The van der Waals surface area contributed by atoms with Gasteiger partial charge in [-0.15, -0.1) is 0 Å². The predicted molar refractivity (Wildman–Crippen MR) is 53.2 cm³/mol. The van der Waals surface area contributed by atoms with Crippen LogP contribution >= 0.6 is 0 Å². The van der Waals surface area contributed by atoms with E-state index in [2.05, 4.69) is 9.97 Å². The molecule has 1 aromatic rings. The van der Waals surface area contributed by atoms with Gasteiger partial charge < -0.3 is 0 Å². The molecule has 0 N–H and O–H groups in total. The molecule has 2 rings (SSSR count). The molecule has 0 bridgehead atoms. The lowest BCUT2D eigenvalue weighted by Crippen LogP contribution is -2.09. The molecule has 0 amide bonds. The Kier molecular flexibility index (Phi) is 2.87. The van der Waals surface area contributed by atoms with Gasteiger partial charge >= 0.3 is 0 Å². The first kappa shape index (κ1) is 9.31. The summed E-state index contributed by atoms with van der Waals surface area (Å²) in [5.74, 6) is 1.33. The molecule has 74 valence electrons. The van der Waals surface area contributed by atoms with Crippen LogP contribution in [0.2, 0.25) is 0 Å². The lowest BCUT2D eigenvalue weighted by atomic mass is 9.89. The van der Waals surface area contributed by atoms with Gasteiger partial charge in [0.15, 0.2) is 6.29 Å². The fourth-order valence-corrected chi connectivity index (χ4v) is 2.01. The van der Waals surface area contributed by atoms with Crippen LogP contribution in [0.1, 0.15) is 54.3 Å². The van der Waals surface area contributed by atoms with Crippen LogP contribution in [0.25, 0.3) is 0 Å². The van der Waals surface area contributed by atoms with E-state index in [1.165, 1.54) is 32.1 Å². The van der Waals surface area contributed by atoms with Gasteiger partial charge in [0.05, 0.1) is 0 Å². The Morgan fingerprint density at radius 3 is 2.79 bits per heavy atom. The Bertz CT molecular complexity index is 319. The Morgan fingerprint density at radius 2 is 2.07 bits per heavy atom. The molecule has 0 saturated heterocycles. The van der Waals surface area contributed by atoms with Crippen LogP contribution in [-0.2, 0) is 0 Å². The van der Waals surface area contributed by atoms with Crippen LogP contribution in [0, 0.1) is 0 Å². The molecule has 1 aromatic heterocycles. The zero-order chi connectivity index (χ0) is 9.80. The van der Waals surface area contributed by atoms with Crippen molar-refractivity contribution in [1.82, 2.24) is 9.97 Å². The van der Waals surface area contributed by atoms with Crippen molar-refractivity contribution in [3.63, 3.8) is 0 Å². The maximum absolute atomic E-state index is 10.6. The summed E-state index contributed by atoms with van der Waals surface area (Å²) in [4.78, 5) is 19.0. The molecule has 0 aromatic carbocycles. The third-order valence-electron chi connectivity index (χ3n) is 2.79. The molecule has 1 heterocycles. The first-order chi connectivity index (χ1) is 6.90. The second-order valence-electron chi connectivity index (χ2n) is 3.79. The second-order valence-corrected chi connectivity index (χ2v) is 3.79. The minimum atomic E-state index is 0.476. The highest BCUT2D eigenvalue weighted by Gasteiger charge is 2.17. The van der Waals surface area contributed by atoms with Crippen molar-refractivity contribution in [3.8, 4) is 0 Å². The summed E-state index contributed by atoms with van der Waals surface area (Å²) < 4.78 is 0. The molecule has 0 unspecified atom stereocenters. The molecule has 3 heteroatoms. The second kappa shape index (κ2) is 4.31. The zero-order valence-electron chi connectivity index (χ0n) is 8.15. The Labute approximate surface area is 83.6 Å². The first-order valence-corrected chi connectivity index (χ1v) is 5.18. The third kappa shape index (κ3) is 1.97. The van der Waals surface area contributed by atoms with Crippen LogP contribution in [-0.4, -0.2) is 16.3 Å². The molecule has 14 heavy (non-hydrogen) atoms. The molecule has 1 aliphatic carbocycles. The smallest absolute Gasteiger partial charge is 0.168 e. The van der Waals surface area contributed by atoms with Gasteiger partial charge in [-0.25, -0.2) is 9.97 Å². The molecule has 1 saturated carbocycles. The number of hydrogen-bond acceptors (Lipinski definition) is 3. The zero-order valence-corrected chi connectivity index (χ0v) is 8.15. The summed E-state index contributed by atoms with van der Waals surface area (Å²) in [7, 11) is 0. The normalized spacial score (nSPS) is 18.0. The van der Waals surface area contributed by atoms with E-state index < -0.39 is 0 Å². The van der Waals surface area contributed by atoms with Crippen molar-refractivity contribution in [2.24, 2.45) is 0 Å². The standard InChI is InChI=1S/C11H14N2O/c14-8-10-6-7-12-11(13-10)9-4-2-1-3-5-9/h6-9H,1-5H2. The fourth-order valence-electron chi connectivity index (χ4n) is 2.01. The van der Waals surface area contributed by atoms with Crippen LogP contribution in [0.15, 0.2) is 12.3 Å². The number of rotatable bonds is 2. The summed E-state index contributed by atoms with van der Waals surface area (Å²) in [5.41, 5.74) is 0.501. The lowest BCUT2D eigenvalue weighted by Gasteiger charge is -2.19. The van der Waals surface area contributed by atoms with E-state index >= 15 is 0 Å². The minimum Gasteiger partial charge on any atom is -0.296 e. The summed E-state index contributed by atoms with van der Waals surface area (Å²) >= 11 is 0. The quantitative estimate of drug-likeness (QED) is 0.672. The van der Waals surface area contributed by atoms with Gasteiger partial charge in [0.1, 0.15) is 11.5 Å². The topological polar surface area (TPSA) is 42.9 Å². The molecule has 3 nitrogen and oxygen atoms in total. The molecular weight excluding hydrogens is 176 g/mol. The van der Waals surface area contributed by atoms with Gasteiger partial charge in [-0.05, 0) is 18.9 Å². The van der Waals surface area contributed by atoms with Gasteiger partial charge in [0, 0.05) is 12.1 Å². The highest BCUT2D eigenvalue weighted by Crippen LogP contribution is 2.30. The van der Waals surface area contributed by atoms with E-state index in [0.29, 0.717) is 11.6 Å². The van der Waals surface area contributed by atoms with Gasteiger partial charge in [0.25, 0.3) is 0 Å². The van der Waals surface area contributed by atoms with Crippen LogP contribution < -0.4 is 0 Å². The maximum atomic E-state index is 10.6. The van der Waals surface area contributed by atoms with Crippen molar-refractivity contribution in [3.05, 3.63) is 23.8 Å². The Morgan fingerprint density at radius 1 is 1.29 bits per heavy atom. The van der Waals surface area contributed by atoms with E-state index in [1.54, 1.807) is 12.3 Å². The predicted octanol–water partition coefficient (Wildman–Crippen LogP) is 2.34. The highest BCUT2D eigenvalue weighted by atomic mass is 16.1. The molecule has 1 aliphatic rings. The molecule has 0 atom stereocenters. The number of nitrogens with zero attached hydrogens (tertiary/aromatic N) is 2. The van der Waals surface area contributed by atoms with Crippen LogP contribution in [0.3, 0.4) is 0 Å². The number of aromatic nitrogens is 2. The fraction of sp³-hybridized carbons (Fsp3) is 0.545. The van der Waals surface area contributed by atoms with Crippen LogP contribution in [0.5, 0.6) is 0 Å². The van der Waals surface area contributed by atoms with E-state index in [1.807, 2.05) is 0 Å². The lowest BCUT2D eigenvalue weighted by molar-refractivity contribution is 0.111. The summed E-state index contributed by atoms with van der Waals surface area (Å²) in [6.45, 7) is 0. The average molecular weight is 190 g/mol. The van der Waals surface area contributed by atoms with Crippen molar-refractivity contribution < 1.29 is 4.79 Å². The summed E-state index contributed by atoms with van der Waals surface area (Å²) in [6.07, 6.45) is 8.65. The maximum Gasteiger partial charge on any atom is 0.168 e. The Hall–Kier alpha value is -1.25. The molecule has 1 fully saturated rings. The molecule has 0 aliphatic heterocycles. The average Bonchev–Trinajstić information content (AvgIpc) is 2.30. The number of carbonyl (C=O) groups is 1. The van der Waals surface area contributed by atoms with E-state index in [9.17, 15) is 4.79 Å². The molecule has 0 radical (unpaired) electrons. The summed E-state index contributed by atoms with van der Waals surface area (Å²) in [6, 6.07) is 1.65. The number of carbonyl (C=O) groups excluding carboxylic acids is 1. The van der Waals surface area contributed by atoms with Crippen LogP contribution in [0.4, 0.5) is 0 Å². The minimum absolute atomic E-state index is 0.476. The Balaban J connectivity index is 2.17.